The number of nitrogens with zero attached hydrogens (tertiary/aromatic N) is 3. The first-order chi connectivity index (χ1) is 17.9. The average Bonchev–Trinajstić information content (AvgIpc) is 3.52. The Labute approximate surface area is 221 Å². The lowest BCUT2D eigenvalue weighted by atomic mass is 10.2. The van der Waals surface area contributed by atoms with Gasteiger partial charge in [-0.2, -0.15) is 0 Å². The molecule has 3 heterocycles. The Hall–Kier alpha value is -4.08. The summed E-state index contributed by atoms with van der Waals surface area (Å²) in [5.74, 6) is -0.322. The minimum atomic E-state index is -0.616. The maximum Gasteiger partial charge on any atom is 0.343 e. The Morgan fingerprint density at radius 2 is 1.62 bits per heavy atom. The Kier molecular flexibility index (Phi) is 6.98. The largest absolute Gasteiger partial charge is 0.480 e. The highest BCUT2D eigenvalue weighted by Gasteiger charge is 2.32. The van der Waals surface area contributed by atoms with Crippen molar-refractivity contribution in [2.45, 2.75) is 12.6 Å². The molecule has 0 N–H and O–H groups in total. The number of carbonyl (C=O) groups excluding carboxylic acids is 2. The molecular formula is C26H19Cl2N3O6. The molecule has 5 rings (SSSR count). The molecule has 188 valence electrons. The lowest BCUT2D eigenvalue weighted by Crippen LogP contribution is -2.12. The Morgan fingerprint density at radius 1 is 0.973 bits per heavy atom. The molecule has 0 aliphatic carbocycles. The molecule has 0 amide bonds. The minimum absolute atomic E-state index is 0.184. The van der Waals surface area contributed by atoms with E-state index < -0.39 is 18.2 Å². The van der Waals surface area contributed by atoms with Crippen LogP contribution in [0, 0.1) is 0 Å². The fourth-order valence-corrected chi connectivity index (χ4v) is 4.06. The number of carbonyl (C=O) groups is 2. The number of rotatable bonds is 7. The van der Waals surface area contributed by atoms with Crippen LogP contribution in [0.4, 0.5) is 0 Å². The van der Waals surface area contributed by atoms with Gasteiger partial charge in [0.1, 0.15) is 12.0 Å². The minimum Gasteiger partial charge on any atom is -0.480 e. The third kappa shape index (κ3) is 5.23. The van der Waals surface area contributed by atoms with Gasteiger partial charge in [-0.25, -0.2) is 19.6 Å². The summed E-state index contributed by atoms with van der Waals surface area (Å²) in [6, 6.07) is 14.4. The second kappa shape index (κ2) is 10.5. The highest BCUT2D eigenvalue weighted by Crippen LogP contribution is 2.36. The molecule has 9 nitrogen and oxygen atoms in total. The van der Waals surface area contributed by atoms with Gasteiger partial charge in [0.15, 0.2) is 24.4 Å². The fraction of sp³-hybridized carbons (Fsp3) is 0.154. The molecule has 2 aromatic carbocycles. The number of halogens is 2. The van der Waals surface area contributed by atoms with E-state index in [1.807, 2.05) is 0 Å². The van der Waals surface area contributed by atoms with E-state index in [-0.39, 0.29) is 24.5 Å². The van der Waals surface area contributed by atoms with Crippen LogP contribution in [-0.2, 0) is 14.2 Å². The third-order valence-electron chi connectivity index (χ3n) is 5.64. The summed E-state index contributed by atoms with van der Waals surface area (Å²) in [5.41, 5.74) is 1.20. The molecule has 0 bridgehead atoms. The number of fused-ring (bicyclic) bond motifs is 1. The normalized spacial score (nSPS) is 14.9. The molecule has 0 saturated carbocycles. The van der Waals surface area contributed by atoms with E-state index in [0.29, 0.717) is 38.1 Å². The molecule has 0 radical (unpaired) electrons. The van der Waals surface area contributed by atoms with Gasteiger partial charge >= 0.3 is 11.9 Å². The van der Waals surface area contributed by atoms with Crippen LogP contribution >= 0.6 is 23.2 Å². The topological polar surface area (TPSA) is 102 Å². The predicted molar refractivity (Wildman–Crippen MR) is 134 cm³/mol. The Morgan fingerprint density at radius 3 is 2.27 bits per heavy atom. The summed E-state index contributed by atoms with van der Waals surface area (Å²) < 4.78 is 24.3. The van der Waals surface area contributed by atoms with Gasteiger partial charge in [-0.1, -0.05) is 23.2 Å². The van der Waals surface area contributed by atoms with Gasteiger partial charge in [0.2, 0.25) is 5.88 Å². The second-order valence-corrected chi connectivity index (χ2v) is 8.82. The average molecular weight is 540 g/mol. The quantitative estimate of drug-likeness (QED) is 0.280. The first kappa shape index (κ1) is 24.6. The molecule has 1 atom stereocenters. The first-order valence-corrected chi connectivity index (χ1v) is 11.8. The van der Waals surface area contributed by atoms with Crippen LogP contribution in [0.25, 0.3) is 11.0 Å². The van der Waals surface area contributed by atoms with Crippen LogP contribution in [-0.4, -0.2) is 40.2 Å². The van der Waals surface area contributed by atoms with E-state index in [4.69, 9.17) is 42.1 Å². The first-order valence-electron chi connectivity index (χ1n) is 11.1. The van der Waals surface area contributed by atoms with Crippen molar-refractivity contribution in [1.82, 2.24) is 14.5 Å². The van der Waals surface area contributed by atoms with Gasteiger partial charge in [-0.15, -0.1) is 0 Å². The van der Waals surface area contributed by atoms with E-state index in [1.54, 1.807) is 65.4 Å². The van der Waals surface area contributed by atoms with E-state index in [0.717, 1.165) is 0 Å². The smallest absolute Gasteiger partial charge is 0.343 e. The van der Waals surface area contributed by atoms with Crippen molar-refractivity contribution in [1.29, 1.82) is 0 Å². The fourth-order valence-electron chi connectivity index (χ4n) is 3.81. The number of hydrogen-bond donors (Lipinski definition) is 0. The van der Waals surface area contributed by atoms with Crippen LogP contribution in [0.15, 0.2) is 78.6 Å². The highest BCUT2D eigenvalue weighted by atomic mass is 35.5. The van der Waals surface area contributed by atoms with Crippen LogP contribution in [0.1, 0.15) is 33.4 Å². The van der Waals surface area contributed by atoms with E-state index >= 15 is 0 Å². The number of aromatic nitrogens is 3. The van der Waals surface area contributed by atoms with Crippen molar-refractivity contribution >= 4 is 46.2 Å². The standard InChI is InChI=1S/C26H19Cl2N3O6/c1-34-24-19-10-11-31(23(19)29-14-30-24)22-12-20(37-26(33)16-4-8-18(28)9-5-16)21(36-22)13-35-25(32)15-2-6-17(27)7-3-15/h2-11,14,22H,12-13H2,1H3. The van der Waals surface area contributed by atoms with Crippen molar-refractivity contribution in [3.8, 4) is 5.88 Å². The predicted octanol–water partition coefficient (Wildman–Crippen LogP) is 5.59. The summed E-state index contributed by atoms with van der Waals surface area (Å²) in [6.07, 6.45) is 2.72. The van der Waals surface area contributed by atoms with E-state index in [1.165, 1.54) is 13.4 Å². The summed E-state index contributed by atoms with van der Waals surface area (Å²) in [7, 11) is 1.52. The number of benzene rings is 2. The summed E-state index contributed by atoms with van der Waals surface area (Å²) in [6.45, 7) is -0.251. The van der Waals surface area contributed by atoms with E-state index in [9.17, 15) is 9.59 Å². The molecule has 2 aromatic heterocycles. The molecule has 1 aliphatic rings. The Balaban J connectivity index is 1.39. The number of hydrogen-bond acceptors (Lipinski definition) is 8. The van der Waals surface area contributed by atoms with Crippen molar-refractivity contribution in [2.24, 2.45) is 0 Å². The van der Waals surface area contributed by atoms with Gasteiger partial charge in [0, 0.05) is 16.2 Å². The molecular weight excluding hydrogens is 521 g/mol. The third-order valence-corrected chi connectivity index (χ3v) is 6.14. The molecule has 0 spiro atoms. The summed E-state index contributed by atoms with van der Waals surface area (Å²) >= 11 is 11.8. The Bertz CT molecular complexity index is 1500. The maximum absolute atomic E-state index is 12.8. The van der Waals surface area contributed by atoms with Crippen molar-refractivity contribution in [3.63, 3.8) is 0 Å². The van der Waals surface area contributed by atoms with Crippen molar-refractivity contribution < 1.29 is 28.5 Å². The van der Waals surface area contributed by atoms with Crippen LogP contribution in [0.2, 0.25) is 10.0 Å². The van der Waals surface area contributed by atoms with Gasteiger partial charge in [0.25, 0.3) is 0 Å². The maximum atomic E-state index is 12.8. The zero-order valence-electron chi connectivity index (χ0n) is 19.4. The SMILES string of the molecule is COc1ncnc2c1ccn2C1CC(OC(=O)c2ccc(Cl)cc2)=C(COC(=O)c2ccc(Cl)cc2)O1. The summed E-state index contributed by atoms with van der Waals surface area (Å²) in [5, 5.41) is 1.68. The van der Waals surface area contributed by atoms with Crippen molar-refractivity contribution in [3.05, 3.63) is 99.8 Å². The highest BCUT2D eigenvalue weighted by molar-refractivity contribution is 6.31. The second-order valence-electron chi connectivity index (χ2n) is 7.95. The van der Waals surface area contributed by atoms with Crippen molar-refractivity contribution in [2.75, 3.05) is 13.7 Å². The van der Waals surface area contributed by atoms with Gasteiger partial charge in [-0.3, -0.25) is 4.57 Å². The zero-order chi connectivity index (χ0) is 25.9. The number of methoxy groups -OCH3 is 1. The van der Waals surface area contributed by atoms with Crippen LogP contribution < -0.4 is 4.74 Å². The zero-order valence-corrected chi connectivity index (χ0v) is 20.9. The molecule has 4 aromatic rings. The molecule has 1 unspecified atom stereocenters. The lowest BCUT2D eigenvalue weighted by molar-refractivity contribution is 0.0330. The molecule has 1 aliphatic heterocycles. The number of ether oxygens (including phenoxy) is 4. The van der Waals surface area contributed by atoms with Gasteiger partial charge in [0.05, 0.1) is 30.0 Å². The van der Waals surface area contributed by atoms with Gasteiger partial charge < -0.3 is 18.9 Å². The van der Waals surface area contributed by atoms with Crippen LogP contribution in [0.3, 0.4) is 0 Å². The monoisotopic (exact) mass is 539 g/mol. The molecule has 0 fully saturated rings. The molecule has 37 heavy (non-hydrogen) atoms. The van der Waals surface area contributed by atoms with Gasteiger partial charge in [-0.05, 0) is 54.6 Å². The molecule has 0 saturated heterocycles. The van der Waals surface area contributed by atoms with E-state index in [2.05, 4.69) is 9.97 Å². The lowest BCUT2D eigenvalue weighted by Gasteiger charge is -2.15. The number of esters is 2. The molecule has 11 heteroatoms. The summed E-state index contributed by atoms with van der Waals surface area (Å²) in [4.78, 5) is 33.8. The van der Waals surface area contributed by atoms with Crippen LogP contribution in [0.5, 0.6) is 5.88 Å².